The monoisotopic (exact) mass is 185 g/mol. The topological polar surface area (TPSA) is 43.1 Å². The first kappa shape index (κ1) is 12.6. The molecular formula is C11H23NO. The minimum absolute atomic E-state index is 0.205. The van der Waals surface area contributed by atoms with Crippen molar-refractivity contribution in [1.29, 1.82) is 0 Å². The maximum atomic E-state index is 11.6. The van der Waals surface area contributed by atoms with Crippen molar-refractivity contribution in [2.45, 2.75) is 47.1 Å². The second-order valence-corrected chi connectivity index (χ2v) is 4.69. The number of Topliss-reactive ketones (excluding diaryl/α,β-unsaturated/α-hetero) is 1. The molecule has 0 fully saturated rings. The maximum Gasteiger partial charge on any atom is 0.150 e. The van der Waals surface area contributed by atoms with Gasteiger partial charge >= 0.3 is 0 Å². The number of ketones is 1. The van der Waals surface area contributed by atoms with E-state index in [0.29, 0.717) is 18.3 Å². The Labute approximate surface area is 81.9 Å². The molecule has 0 heterocycles. The van der Waals surface area contributed by atoms with Crippen LogP contribution in [0.5, 0.6) is 0 Å². The molecule has 0 aliphatic rings. The Kier molecular flexibility index (Phi) is 5.23. The van der Waals surface area contributed by atoms with Crippen LogP contribution in [0.2, 0.25) is 0 Å². The van der Waals surface area contributed by atoms with Crippen LogP contribution in [-0.2, 0) is 4.79 Å². The first-order valence-electron chi connectivity index (χ1n) is 5.14. The lowest BCUT2D eigenvalue weighted by atomic mass is 9.86. The predicted octanol–water partition coefficient (Wildman–Crippen LogP) is 2.22. The Morgan fingerprint density at radius 2 is 1.62 bits per heavy atom. The van der Waals surface area contributed by atoms with E-state index in [1.54, 1.807) is 0 Å². The molecule has 0 radical (unpaired) electrons. The molecule has 2 nitrogen and oxygen atoms in total. The summed E-state index contributed by atoms with van der Waals surface area (Å²) in [6.07, 6.45) is 0.609. The van der Waals surface area contributed by atoms with Gasteiger partial charge in [-0.15, -0.1) is 0 Å². The summed E-state index contributed by atoms with van der Waals surface area (Å²) in [5.41, 5.74) is 5.86. The van der Waals surface area contributed by atoms with Crippen LogP contribution in [0.15, 0.2) is 0 Å². The standard InChI is InChI=1S/C11H23NO/c1-7(2)6-10(13)11(12)9(5)8(3)4/h7-9,11H,6,12H2,1-5H3/t9-,11-/m0/s1. The van der Waals surface area contributed by atoms with E-state index in [-0.39, 0.29) is 17.7 Å². The summed E-state index contributed by atoms with van der Waals surface area (Å²) in [7, 11) is 0. The Balaban J connectivity index is 4.09. The van der Waals surface area contributed by atoms with Crippen molar-refractivity contribution in [3.05, 3.63) is 0 Å². The lowest BCUT2D eigenvalue weighted by Crippen LogP contribution is -2.39. The van der Waals surface area contributed by atoms with Crippen molar-refractivity contribution in [2.24, 2.45) is 23.5 Å². The number of hydrogen-bond acceptors (Lipinski definition) is 2. The zero-order valence-electron chi connectivity index (χ0n) is 9.50. The fourth-order valence-electron chi connectivity index (χ4n) is 1.25. The minimum Gasteiger partial charge on any atom is -0.321 e. The molecule has 0 saturated carbocycles. The normalized spacial score (nSPS) is 16.3. The third kappa shape index (κ3) is 4.41. The van der Waals surface area contributed by atoms with Crippen LogP contribution >= 0.6 is 0 Å². The molecule has 0 spiro atoms. The second-order valence-electron chi connectivity index (χ2n) is 4.69. The fraction of sp³-hybridized carbons (Fsp3) is 0.909. The van der Waals surface area contributed by atoms with Crippen molar-refractivity contribution in [3.63, 3.8) is 0 Å². The van der Waals surface area contributed by atoms with Gasteiger partial charge in [0.25, 0.3) is 0 Å². The zero-order chi connectivity index (χ0) is 10.6. The average molecular weight is 185 g/mol. The van der Waals surface area contributed by atoms with Crippen LogP contribution in [0.3, 0.4) is 0 Å². The van der Waals surface area contributed by atoms with Crippen molar-refractivity contribution in [1.82, 2.24) is 0 Å². The van der Waals surface area contributed by atoms with E-state index in [4.69, 9.17) is 5.73 Å². The summed E-state index contributed by atoms with van der Waals surface area (Å²) < 4.78 is 0. The Morgan fingerprint density at radius 3 is 1.92 bits per heavy atom. The molecule has 0 aromatic heterocycles. The number of rotatable bonds is 5. The molecule has 2 N–H and O–H groups in total. The molecular weight excluding hydrogens is 162 g/mol. The van der Waals surface area contributed by atoms with Crippen LogP contribution < -0.4 is 5.73 Å². The first-order chi connectivity index (χ1) is 5.86. The van der Waals surface area contributed by atoms with Gasteiger partial charge < -0.3 is 5.73 Å². The smallest absolute Gasteiger partial charge is 0.150 e. The highest BCUT2D eigenvalue weighted by atomic mass is 16.1. The number of carbonyl (C=O) groups excluding carboxylic acids is 1. The Morgan fingerprint density at radius 1 is 1.15 bits per heavy atom. The highest BCUT2D eigenvalue weighted by Crippen LogP contribution is 2.16. The quantitative estimate of drug-likeness (QED) is 0.713. The van der Waals surface area contributed by atoms with Crippen molar-refractivity contribution in [2.75, 3.05) is 0 Å². The zero-order valence-corrected chi connectivity index (χ0v) is 9.50. The summed E-state index contributed by atoms with van der Waals surface area (Å²) in [5.74, 6) is 1.38. The second kappa shape index (κ2) is 5.38. The minimum atomic E-state index is -0.276. The fourth-order valence-corrected chi connectivity index (χ4v) is 1.25. The first-order valence-corrected chi connectivity index (χ1v) is 5.14. The highest BCUT2D eigenvalue weighted by molar-refractivity contribution is 5.84. The Hall–Kier alpha value is -0.370. The molecule has 2 atom stereocenters. The molecule has 13 heavy (non-hydrogen) atoms. The van der Waals surface area contributed by atoms with E-state index in [2.05, 4.69) is 13.8 Å². The number of carbonyl (C=O) groups is 1. The van der Waals surface area contributed by atoms with E-state index in [9.17, 15) is 4.79 Å². The Bertz CT molecular complexity index is 163. The third-order valence-electron chi connectivity index (χ3n) is 2.60. The van der Waals surface area contributed by atoms with E-state index in [0.717, 1.165) is 0 Å². The lowest BCUT2D eigenvalue weighted by molar-refractivity contribution is -0.122. The molecule has 0 aliphatic heterocycles. The molecule has 0 saturated heterocycles. The molecule has 0 amide bonds. The summed E-state index contributed by atoms with van der Waals surface area (Å²) in [5, 5.41) is 0. The molecule has 0 aromatic rings. The molecule has 2 heteroatoms. The lowest BCUT2D eigenvalue weighted by Gasteiger charge is -2.22. The van der Waals surface area contributed by atoms with Gasteiger partial charge in [-0.05, 0) is 17.8 Å². The van der Waals surface area contributed by atoms with E-state index < -0.39 is 0 Å². The molecule has 0 bridgehead atoms. The SMILES string of the molecule is CC(C)CC(=O)[C@@H](N)[C@@H](C)C(C)C. The van der Waals surface area contributed by atoms with Crippen LogP contribution in [-0.4, -0.2) is 11.8 Å². The average Bonchev–Trinajstić information content (AvgIpc) is 2.00. The van der Waals surface area contributed by atoms with Crippen LogP contribution in [0.1, 0.15) is 41.0 Å². The molecule has 0 rings (SSSR count). The van der Waals surface area contributed by atoms with E-state index in [1.807, 2.05) is 20.8 Å². The predicted molar refractivity (Wildman–Crippen MR) is 56.4 cm³/mol. The highest BCUT2D eigenvalue weighted by Gasteiger charge is 2.23. The van der Waals surface area contributed by atoms with Gasteiger partial charge in [-0.1, -0.05) is 34.6 Å². The van der Waals surface area contributed by atoms with Gasteiger partial charge in [0.15, 0.2) is 0 Å². The molecule has 0 unspecified atom stereocenters. The van der Waals surface area contributed by atoms with Crippen molar-refractivity contribution in [3.8, 4) is 0 Å². The van der Waals surface area contributed by atoms with E-state index >= 15 is 0 Å². The number of hydrogen-bond donors (Lipinski definition) is 1. The van der Waals surface area contributed by atoms with Gasteiger partial charge in [-0.3, -0.25) is 4.79 Å². The van der Waals surface area contributed by atoms with Gasteiger partial charge in [-0.25, -0.2) is 0 Å². The summed E-state index contributed by atoms with van der Waals surface area (Å²) in [6.45, 7) is 10.4. The largest absolute Gasteiger partial charge is 0.321 e. The summed E-state index contributed by atoms with van der Waals surface area (Å²) in [4.78, 5) is 11.6. The molecule has 0 aromatic carbocycles. The molecule has 0 aliphatic carbocycles. The van der Waals surface area contributed by atoms with Crippen molar-refractivity contribution < 1.29 is 4.79 Å². The van der Waals surface area contributed by atoms with Crippen LogP contribution in [0, 0.1) is 17.8 Å². The number of nitrogens with two attached hydrogens (primary N) is 1. The van der Waals surface area contributed by atoms with Gasteiger partial charge in [-0.2, -0.15) is 0 Å². The van der Waals surface area contributed by atoms with Crippen LogP contribution in [0.25, 0.3) is 0 Å². The maximum absolute atomic E-state index is 11.6. The van der Waals surface area contributed by atoms with Gasteiger partial charge in [0.05, 0.1) is 6.04 Å². The molecule has 78 valence electrons. The summed E-state index contributed by atoms with van der Waals surface area (Å²) >= 11 is 0. The van der Waals surface area contributed by atoms with Gasteiger partial charge in [0, 0.05) is 6.42 Å². The summed E-state index contributed by atoms with van der Waals surface area (Å²) in [6, 6.07) is -0.276. The van der Waals surface area contributed by atoms with E-state index in [1.165, 1.54) is 0 Å². The third-order valence-corrected chi connectivity index (χ3v) is 2.60. The van der Waals surface area contributed by atoms with Crippen molar-refractivity contribution >= 4 is 5.78 Å². The van der Waals surface area contributed by atoms with Gasteiger partial charge in [0.1, 0.15) is 5.78 Å². The van der Waals surface area contributed by atoms with Gasteiger partial charge in [0.2, 0.25) is 0 Å². The van der Waals surface area contributed by atoms with Crippen LogP contribution in [0.4, 0.5) is 0 Å².